The lowest BCUT2D eigenvalue weighted by molar-refractivity contribution is -0.258. The fourth-order valence-electron chi connectivity index (χ4n) is 4.08. The second-order valence-corrected chi connectivity index (χ2v) is 9.88. The van der Waals surface area contributed by atoms with Gasteiger partial charge >= 0.3 is 17.8 Å². The molecule has 0 aromatic heterocycles. The van der Waals surface area contributed by atoms with Crippen molar-refractivity contribution in [2.75, 3.05) is 0 Å². The van der Waals surface area contributed by atoms with Crippen LogP contribution in [0.5, 0.6) is 0 Å². The number of carbonyl (C=O) groups is 2. The summed E-state index contributed by atoms with van der Waals surface area (Å²) in [5.74, 6) is -15.9. The fraction of sp³-hybridized carbons (Fsp3) is 0.412. The lowest BCUT2D eigenvalue weighted by Crippen LogP contribution is -2.49. The van der Waals surface area contributed by atoms with Gasteiger partial charge in [-0.05, 0) is 37.1 Å². The number of hydrogen-bond acceptors (Lipinski definition) is 4. The molecule has 2 nitrogen and oxygen atoms in total. The number of thioether (sulfide) groups is 2. The minimum atomic E-state index is -5.64. The van der Waals surface area contributed by atoms with Crippen LogP contribution in [-0.4, -0.2) is 39.8 Å². The zero-order valence-electron chi connectivity index (χ0n) is 13.7. The van der Waals surface area contributed by atoms with Gasteiger partial charge in [0.15, 0.2) is 12.6 Å². The molecule has 2 atom stereocenters. The number of rotatable bonds is 2. The highest BCUT2D eigenvalue weighted by atomic mass is 32.2. The number of carbonyl (C=O) groups excluding carboxylic acids is 2. The summed E-state index contributed by atoms with van der Waals surface area (Å²) in [6.07, 6.45) is 2.67. The van der Waals surface area contributed by atoms with Crippen LogP contribution in [0.1, 0.15) is 13.8 Å². The molecule has 4 aliphatic rings. The summed E-state index contributed by atoms with van der Waals surface area (Å²) in [7, 11) is 0. The highest BCUT2D eigenvalue weighted by Gasteiger charge is 2.84. The molecule has 0 saturated heterocycles. The van der Waals surface area contributed by atoms with Crippen LogP contribution in [0.15, 0.2) is 44.3 Å². The summed E-state index contributed by atoms with van der Waals surface area (Å²) in [5.41, 5.74) is -3.74. The smallest absolute Gasteiger partial charge is 0.297 e. The monoisotopic (exact) mass is 424 g/mol. The summed E-state index contributed by atoms with van der Waals surface area (Å²) in [4.78, 5) is 22.4. The van der Waals surface area contributed by atoms with Crippen molar-refractivity contribution in [2.45, 2.75) is 41.1 Å². The van der Waals surface area contributed by atoms with Crippen molar-refractivity contribution in [1.82, 2.24) is 0 Å². The molecule has 0 radical (unpaired) electrons. The van der Waals surface area contributed by atoms with E-state index < -0.39 is 49.6 Å². The predicted octanol–water partition coefficient (Wildman–Crippen LogP) is 4.69. The Labute approximate surface area is 157 Å². The third kappa shape index (κ3) is 1.79. The molecule has 1 saturated carbocycles. The van der Waals surface area contributed by atoms with E-state index in [0.29, 0.717) is 12.6 Å². The van der Waals surface area contributed by atoms with Crippen LogP contribution in [0.4, 0.5) is 26.3 Å². The fourth-order valence-corrected chi connectivity index (χ4v) is 6.87. The maximum Gasteiger partial charge on any atom is 0.380 e. The van der Waals surface area contributed by atoms with Crippen LogP contribution in [0, 0.1) is 0 Å². The number of hydrogen-bond donors (Lipinski definition) is 0. The van der Waals surface area contributed by atoms with Gasteiger partial charge in [0.2, 0.25) is 0 Å². The molecule has 4 rings (SSSR count). The van der Waals surface area contributed by atoms with Gasteiger partial charge in [0, 0.05) is 21.0 Å². The Morgan fingerprint density at radius 3 is 1.37 bits per heavy atom. The molecule has 0 spiro atoms. The standard InChI is InChI=1S/C17H10F6O2S2/c1-13-9(3-7(5-24)26-13)11-12(10-4-8(6-25)27-14(10,13)2)16(20,21)17(22,23)15(11,18)19/h3-6H,1-2H3. The Hall–Kier alpha value is -1.42. The third-order valence-electron chi connectivity index (χ3n) is 5.59. The highest BCUT2D eigenvalue weighted by Crippen LogP contribution is 2.73. The highest BCUT2D eigenvalue weighted by molar-refractivity contribution is 8.09. The van der Waals surface area contributed by atoms with Crippen molar-refractivity contribution < 1.29 is 35.9 Å². The van der Waals surface area contributed by atoms with E-state index in [0.717, 1.165) is 35.7 Å². The second kappa shape index (κ2) is 4.94. The third-order valence-corrected chi connectivity index (χ3v) is 8.69. The second-order valence-electron chi connectivity index (χ2n) is 6.90. The topological polar surface area (TPSA) is 34.1 Å². The van der Waals surface area contributed by atoms with Crippen LogP contribution in [0.2, 0.25) is 0 Å². The number of aldehydes is 2. The first-order valence-electron chi connectivity index (χ1n) is 7.65. The normalized spacial score (nSPS) is 37.5. The minimum Gasteiger partial charge on any atom is -0.297 e. The largest absolute Gasteiger partial charge is 0.380 e. The van der Waals surface area contributed by atoms with Crippen molar-refractivity contribution in [3.05, 3.63) is 44.3 Å². The Kier molecular flexibility index (Phi) is 3.46. The van der Waals surface area contributed by atoms with Gasteiger partial charge < -0.3 is 0 Å². The molecular weight excluding hydrogens is 414 g/mol. The molecule has 1 fully saturated rings. The molecule has 144 valence electrons. The molecule has 0 amide bonds. The van der Waals surface area contributed by atoms with Crippen LogP contribution < -0.4 is 0 Å². The lowest BCUT2D eigenvalue weighted by Gasteiger charge is -2.47. The van der Waals surface area contributed by atoms with Crippen molar-refractivity contribution in [3.63, 3.8) is 0 Å². The maximum absolute atomic E-state index is 14.6. The van der Waals surface area contributed by atoms with E-state index in [4.69, 9.17) is 0 Å². The molecule has 10 heteroatoms. The summed E-state index contributed by atoms with van der Waals surface area (Å²) >= 11 is 1.68. The molecule has 2 aliphatic carbocycles. The van der Waals surface area contributed by atoms with E-state index in [2.05, 4.69) is 0 Å². The zero-order valence-corrected chi connectivity index (χ0v) is 15.3. The van der Waals surface area contributed by atoms with E-state index in [1.165, 1.54) is 13.8 Å². The average molecular weight is 424 g/mol. The summed E-state index contributed by atoms with van der Waals surface area (Å²) in [5, 5.41) is 0. The summed E-state index contributed by atoms with van der Waals surface area (Å²) in [6, 6.07) is 0. The van der Waals surface area contributed by atoms with Gasteiger partial charge in [0.1, 0.15) is 0 Å². The number of allylic oxidation sites excluding steroid dienone is 6. The minimum absolute atomic E-state index is 0.0312. The van der Waals surface area contributed by atoms with E-state index in [1.54, 1.807) is 0 Å². The maximum atomic E-state index is 14.6. The summed E-state index contributed by atoms with van der Waals surface area (Å²) < 4.78 is 83.9. The van der Waals surface area contributed by atoms with Crippen LogP contribution in [0.3, 0.4) is 0 Å². The molecule has 0 aromatic rings. The number of fused-ring (bicyclic) bond motifs is 4. The first-order chi connectivity index (χ1) is 12.3. The van der Waals surface area contributed by atoms with Crippen LogP contribution in [0.25, 0.3) is 0 Å². The Bertz CT molecular complexity index is 871. The Morgan fingerprint density at radius 2 is 1.07 bits per heavy atom. The Balaban J connectivity index is 2.19. The lowest BCUT2D eigenvalue weighted by atomic mass is 9.71. The van der Waals surface area contributed by atoms with Crippen molar-refractivity contribution in [1.29, 1.82) is 0 Å². The first-order valence-corrected chi connectivity index (χ1v) is 9.29. The molecule has 0 aromatic carbocycles. The van der Waals surface area contributed by atoms with Gasteiger partial charge in [0.25, 0.3) is 0 Å². The van der Waals surface area contributed by atoms with E-state index in [1.807, 2.05) is 0 Å². The van der Waals surface area contributed by atoms with Crippen molar-refractivity contribution in [2.24, 2.45) is 0 Å². The molecule has 2 aliphatic heterocycles. The van der Waals surface area contributed by atoms with Gasteiger partial charge in [0.05, 0.1) is 9.49 Å². The van der Waals surface area contributed by atoms with Crippen molar-refractivity contribution >= 4 is 36.1 Å². The van der Waals surface area contributed by atoms with Gasteiger partial charge in [-0.15, -0.1) is 23.5 Å². The van der Waals surface area contributed by atoms with E-state index >= 15 is 0 Å². The van der Waals surface area contributed by atoms with Crippen LogP contribution >= 0.6 is 23.5 Å². The van der Waals surface area contributed by atoms with Gasteiger partial charge in [-0.3, -0.25) is 9.59 Å². The zero-order chi connectivity index (χ0) is 20.2. The molecule has 0 bridgehead atoms. The molecular formula is C17H10F6O2S2. The van der Waals surface area contributed by atoms with E-state index in [9.17, 15) is 35.9 Å². The number of halogens is 6. The van der Waals surface area contributed by atoms with Gasteiger partial charge in [-0.2, -0.15) is 26.3 Å². The van der Waals surface area contributed by atoms with Gasteiger partial charge in [-0.25, -0.2) is 0 Å². The quantitative estimate of drug-likeness (QED) is 0.476. The summed E-state index contributed by atoms with van der Waals surface area (Å²) in [6.45, 7) is 2.87. The average Bonchev–Trinajstić information content (AvgIpc) is 3.13. The molecule has 0 N–H and O–H groups in total. The van der Waals surface area contributed by atoms with Crippen LogP contribution in [-0.2, 0) is 9.59 Å². The predicted molar refractivity (Wildman–Crippen MR) is 89.2 cm³/mol. The Morgan fingerprint density at radius 1 is 0.741 bits per heavy atom. The molecule has 2 heterocycles. The van der Waals surface area contributed by atoms with Crippen molar-refractivity contribution in [3.8, 4) is 0 Å². The molecule has 27 heavy (non-hydrogen) atoms. The SMILES string of the molecule is CC12SC(C=O)=CC1=C1C(=C3C=C(C=O)SC32C)C(F)(F)C(F)(F)C1(F)F. The number of alkyl halides is 6. The molecule has 2 unspecified atom stereocenters. The first kappa shape index (κ1) is 18.9. The van der Waals surface area contributed by atoms with Gasteiger partial charge in [-0.1, -0.05) is 0 Å². The van der Waals surface area contributed by atoms with E-state index in [-0.39, 0.29) is 9.81 Å².